The van der Waals surface area contributed by atoms with Crippen molar-refractivity contribution in [1.29, 1.82) is 0 Å². The van der Waals surface area contributed by atoms with E-state index in [2.05, 4.69) is 10.6 Å². The molecule has 1 aromatic rings. The molecule has 0 bridgehead atoms. The molecule has 11 heteroatoms. The van der Waals surface area contributed by atoms with Gasteiger partial charge < -0.3 is 25.2 Å². The predicted molar refractivity (Wildman–Crippen MR) is 129 cm³/mol. The van der Waals surface area contributed by atoms with Gasteiger partial charge in [0.1, 0.15) is 5.75 Å². The number of alkyl halides is 3. The number of anilines is 1. The normalized spacial score (nSPS) is 19.4. The Hall–Kier alpha value is -2.82. The van der Waals surface area contributed by atoms with Crippen LogP contribution in [0.15, 0.2) is 12.1 Å². The van der Waals surface area contributed by atoms with Crippen molar-refractivity contribution in [3.05, 3.63) is 23.3 Å². The lowest BCUT2D eigenvalue weighted by Gasteiger charge is -2.40. The Morgan fingerprint density at radius 1 is 1.28 bits per heavy atom. The van der Waals surface area contributed by atoms with Gasteiger partial charge in [-0.2, -0.15) is 13.2 Å². The third kappa shape index (κ3) is 5.93. The Labute approximate surface area is 209 Å². The Bertz CT molecular complexity index is 990. The van der Waals surface area contributed by atoms with Crippen molar-refractivity contribution in [3.63, 3.8) is 0 Å². The number of nitrogens with one attached hydrogen (secondary N) is 2. The largest absolute Gasteiger partial charge is 0.476 e. The molecule has 8 nitrogen and oxygen atoms in total. The van der Waals surface area contributed by atoms with Gasteiger partial charge in [-0.15, -0.1) is 0 Å². The van der Waals surface area contributed by atoms with Gasteiger partial charge in [0.2, 0.25) is 5.91 Å². The van der Waals surface area contributed by atoms with Gasteiger partial charge in [-0.1, -0.05) is 13.8 Å². The third-order valence-corrected chi connectivity index (χ3v) is 6.47. The molecular formula is C25H35F3N4O4. The van der Waals surface area contributed by atoms with Crippen LogP contribution in [0.1, 0.15) is 69.3 Å². The van der Waals surface area contributed by atoms with E-state index in [-0.39, 0.29) is 42.9 Å². The molecule has 3 amide bonds. The minimum Gasteiger partial charge on any atom is -0.476 e. The second kappa shape index (κ2) is 11.1. The van der Waals surface area contributed by atoms with Crippen LogP contribution in [0.25, 0.3) is 0 Å². The van der Waals surface area contributed by atoms with Crippen LogP contribution in [-0.4, -0.2) is 67.0 Å². The molecule has 2 heterocycles. The fraction of sp³-hybridized carbons (Fsp3) is 0.640. The number of benzene rings is 1. The van der Waals surface area contributed by atoms with Crippen molar-refractivity contribution in [2.45, 2.75) is 71.2 Å². The molecule has 36 heavy (non-hydrogen) atoms. The van der Waals surface area contributed by atoms with E-state index in [4.69, 9.17) is 4.74 Å². The zero-order valence-electron chi connectivity index (χ0n) is 21.3. The van der Waals surface area contributed by atoms with E-state index < -0.39 is 34.7 Å². The summed E-state index contributed by atoms with van der Waals surface area (Å²) in [6, 6.07) is 1.71. The zero-order chi connectivity index (χ0) is 26.7. The van der Waals surface area contributed by atoms with Crippen LogP contribution >= 0.6 is 0 Å². The molecule has 1 saturated heterocycles. The van der Waals surface area contributed by atoms with Gasteiger partial charge >= 0.3 is 6.18 Å². The van der Waals surface area contributed by atoms with Crippen LogP contribution in [0.3, 0.4) is 0 Å². The van der Waals surface area contributed by atoms with Crippen LogP contribution < -0.4 is 20.3 Å². The van der Waals surface area contributed by atoms with E-state index in [1.165, 1.54) is 23.6 Å². The average Bonchev–Trinajstić information content (AvgIpc) is 2.83. The van der Waals surface area contributed by atoms with Crippen molar-refractivity contribution < 1.29 is 32.3 Å². The lowest BCUT2D eigenvalue weighted by Crippen LogP contribution is -2.54. The number of fused-ring (bicyclic) bond motifs is 1. The summed E-state index contributed by atoms with van der Waals surface area (Å²) in [5.41, 5.74) is -2.95. The molecule has 2 N–H and O–H groups in total. The number of carbonyl (C=O) groups excluding carboxylic acids is 3. The highest BCUT2D eigenvalue weighted by Gasteiger charge is 2.45. The van der Waals surface area contributed by atoms with Gasteiger partial charge in [0.05, 0.1) is 16.8 Å². The number of rotatable bonds is 8. The van der Waals surface area contributed by atoms with E-state index >= 15 is 0 Å². The van der Waals surface area contributed by atoms with Gasteiger partial charge in [0.15, 0.2) is 5.60 Å². The number of hydrogen-bond donors (Lipinski definition) is 2. The first kappa shape index (κ1) is 27.8. The van der Waals surface area contributed by atoms with Crippen molar-refractivity contribution in [1.82, 2.24) is 15.5 Å². The molecule has 1 fully saturated rings. The minimum atomic E-state index is -4.81. The van der Waals surface area contributed by atoms with E-state index in [1.54, 1.807) is 6.92 Å². The number of nitrogens with zero attached hydrogens (tertiary/aromatic N) is 2. The van der Waals surface area contributed by atoms with Crippen LogP contribution in [0, 0.1) is 0 Å². The Kier molecular flexibility index (Phi) is 8.53. The molecule has 0 unspecified atom stereocenters. The summed E-state index contributed by atoms with van der Waals surface area (Å²) in [5.74, 6) is -1.54. The summed E-state index contributed by atoms with van der Waals surface area (Å²) < 4.78 is 48.3. The van der Waals surface area contributed by atoms with Crippen LogP contribution in [-0.2, 0) is 15.8 Å². The second-order valence-electron chi connectivity index (χ2n) is 9.63. The summed E-state index contributed by atoms with van der Waals surface area (Å²) in [6.07, 6.45) is -2.44. The fourth-order valence-electron chi connectivity index (χ4n) is 4.62. The molecule has 2 aliphatic heterocycles. The summed E-state index contributed by atoms with van der Waals surface area (Å²) in [7, 11) is 0. The molecule has 0 radical (unpaired) electrons. The molecule has 3 rings (SSSR count). The first-order chi connectivity index (χ1) is 16.9. The number of halogens is 3. The highest BCUT2D eigenvalue weighted by atomic mass is 19.4. The van der Waals surface area contributed by atoms with Crippen molar-refractivity contribution in [2.24, 2.45) is 0 Å². The standard InChI is InChI=1S/C25H35F3N4O4/c1-5-11-31(16-8-7-9-29-15-16)22(34)17-13-19-20(14-18(17)25(26,27)28)36-24(3,4)23(35)32(19)12-10-30-21(33)6-2/h13-14,16,29H,5-12,15H2,1-4H3,(H,30,33)/t16-/m1/s1. The number of ether oxygens (including phenoxy) is 1. The molecule has 1 atom stereocenters. The first-order valence-electron chi connectivity index (χ1n) is 12.4. The van der Waals surface area contributed by atoms with Crippen LogP contribution in [0.5, 0.6) is 5.75 Å². The Morgan fingerprint density at radius 2 is 2.00 bits per heavy atom. The SMILES string of the molecule is CCCN(C(=O)c1cc2c(cc1C(F)(F)F)OC(C)(C)C(=O)N2CCNC(=O)CC)[C@@H]1CCCNC1. The van der Waals surface area contributed by atoms with Crippen molar-refractivity contribution >= 4 is 23.4 Å². The monoisotopic (exact) mass is 512 g/mol. The third-order valence-electron chi connectivity index (χ3n) is 6.47. The molecular weight excluding hydrogens is 477 g/mol. The summed E-state index contributed by atoms with van der Waals surface area (Å²) >= 11 is 0. The molecule has 0 aromatic heterocycles. The first-order valence-corrected chi connectivity index (χ1v) is 12.4. The van der Waals surface area contributed by atoms with E-state index in [9.17, 15) is 27.6 Å². The number of piperidine rings is 1. The van der Waals surface area contributed by atoms with Gasteiger partial charge in [-0.05, 0) is 51.8 Å². The maximum atomic E-state index is 14.2. The predicted octanol–water partition coefficient (Wildman–Crippen LogP) is 3.34. The van der Waals surface area contributed by atoms with E-state index in [0.29, 0.717) is 25.9 Å². The van der Waals surface area contributed by atoms with Crippen LogP contribution in [0.4, 0.5) is 18.9 Å². The van der Waals surface area contributed by atoms with E-state index in [0.717, 1.165) is 25.1 Å². The molecule has 0 aliphatic carbocycles. The highest BCUT2D eigenvalue weighted by molar-refractivity contribution is 6.05. The van der Waals surface area contributed by atoms with Gasteiger partial charge in [0, 0.05) is 38.6 Å². The minimum absolute atomic E-state index is 0.0224. The smallest absolute Gasteiger partial charge is 0.417 e. The Balaban J connectivity index is 2.08. The number of amides is 3. The van der Waals surface area contributed by atoms with E-state index in [1.807, 2.05) is 6.92 Å². The molecule has 1 aromatic carbocycles. The molecule has 0 saturated carbocycles. The number of carbonyl (C=O) groups is 3. The van der Waals surface area contributed by atoms with Gasteiger partial charge in [0.25, 0.3) is 11.8 Å². The number of hydrogen-bond acceptors (Lipinski definition) is 5. The summed E-state index contributed by atoms with van der Waals surface area (Å²) in [6.45, 7) is 8.26. The quantitative estimate of drug-likeness (QED) is 0.558. The average molecular weight is 513 g/mol. The second-order valence-corrected chi connectivity index (χ2v) is 9.63. The lowest BCUT2D eigenvalue weighted by molar-refractivity contribution is -0.138. The van der Waals surface area contributed by atoms with Crippen molar-refractivity contribution in [2.75, 3.05) is 37.6 Å². The van der Waals surface area contributed by atoms with Gasteiger partial charge in [-0.3, -0.25) is 14.4 Å². The van der Waals surface area contributed by atoms with Crippen LogP contribution in [0.2, 0.25) is 0 Å². The summed E-state index contributed by atoms with van der Waals surface area (Å²) in [4.78, 5) is 41.3. The molecule has 0 spiro atoms. The molecule has 2 aliphatic rings. The lowest BCUT2D eigenvalue weighted by atomic mass is 9.97. The summed E-state index contributed by atoms with van der Waals surface area (Å²) in [5, 5.41) is 5.88. The van der Waals surface area contributed by atoms with Gasteiger partial charge in [-0.25, -0.2) is 0 Å². The van der Waals surface area contributed by atoms with Crippen molar-refractivity contribution in [3.8, 4) is 5.75 Å². The zero-order valence-corrected chi connectivity index (χ0v) is 21.3. The Morgan fingerprint density at radius 3 is 2.58 bits per heavy atom. The maximum absolute atomic E-state index is 14.2. The molecule has 200 valence electrons. The highest BCUT2D eigenvalue weighted by Crippen LogP contribution is 2.44. The maximum Gasteiger partial charge on any atom is 0.417 e. The topological polar surface area (TPSA) is 91.0 Å². The fourth-order valence-corrected chi connectivity index (χ4v) is 4.62.